The first-order valence-corrected chi connectivity index (χ1v) is 7.23. The molecule has 0 saturated heterocycles. The van der Waals surface area contributed by atoms with Gasteiger partial charge in [-0.15, -0.1) is 15.3 Å². The zero-order chi connectivity index (χ0) is 14.4. The van der Waals surface area contributed by atoms with E-state index in [1.54, 1.807) is 11.0 Å². The predicted molar refractivity (Wildman–Crippen MR) is 75.3 cm³/mol. The molecular formula is C13H23N5O2. The molecule has 1 heterocycles. The van der Waals surface area contributed by atoms with Crippen molar-refractivity contribution in [2.75, 3.05) is 13.2 Å². The van der Waals surface area contributed by atoms with Gasteiger partial charge in [0.2, 0.25) is 6.29 Å². The summed E-state index contributed by atoms with van der Waals surface area (Å²) < 4.78 is 12.5. The molecule has 1 aromatic rings. The number of hydrogen-bond acceptors (Lipinski definition) is 5. The Balaban J connectivity index is 2.14. The normalized spacial score (nSPS) is 17.2. The average Bonchev–Trinajstić information content (AvgIpc) is 3.08. The van der Waals surface area contributed by atoms with Crippen LogP contribution in [0.1, 0.15) is 51.3 Å². The SMILES string of the molecule is CCOC(OCC)/C(N)=N/n1cnnc1C1CCCC1. The molecule has 0 atom stereocenters. The Hall–Kier alpha value is -1.47. The summed E-state index contributed by atoms with van der Waals surface area (Å²) in [6.07, 6.45) is 5.69. The number of nitrogens with zero attached hydrogens (tertiary/aromatic N) is 4. The van der Waals surface area contributed by atoms with Crippen LogP contribution in [0, 0.1) is 0 Å². The van der Waals surface area contributed by atoms with E-state index in [9.17, 15) is 0 Å². The maximum absolute atomic E-state index is 5.97. The van der Waals surface area contributed by atoms with Crippen LogP contribution in [0.2, 0.25) is 0 Å². The topological polar surface area (TPSA) is 87.5 Å². The summed E-state index contributed by atoms with van der Waals surface area (Å²) >= 11 is 0. The fourth-order valence-corrected chi connectivity index (χ4v) is 2.46. The van der Waals surface area contributed by atoms with Crippen LogP contribution >= 0.6 is 0 Å². The zero-order valence-electron chi connectivity index (χ0n) is 12.2. The van der Waals surface area contributed by atoms with Crippen molar-refractivity contribution < 1.29 is 9.47 Å². The summed E-state index contributed by atoms with van der Waals surface area (Å²) in [7, 11) is 0. The van der Waals surface area contributed by atoms with Crippen molar-refractivity contribution in [2.24, 2.45) is 10.8 Å². The molecule has 1 aliphatic carbocycles. The molecule has 0 spiro atoms. The molecule has 0 unspecified atom stereocenters. The molecule has 1 saturated carbocycles. The average molecular weight is 281 g/mol. The maximum atomic E-state index is 5.97. The predicted octanol–water partition coefficient (Wildman–Crippen LogP) is 1.46. The van der Waals surface area contributed by atoms with Gasteiger partial charge in [-0.3, -0.25) is 0 Å². The van der Waals surface area contributed by atoms with Crippen molar-refractivity contribution in [2.45, 2.75) is 51.7 Å². The quantitative estimate of drug-likeness (QED) is 0.464. The smallest absolute Gasteiger partial charge is 0.218 e. The monoisotopic (exact) mass is 281 g/mol. The first-order chi connectivity index (χ1) is 9.76. The van der Waals surface area contributed by atoms with Crippen LogP contribution in [-0.4, -0.2) is 40.2 Å². The van der Waals surface area contributed by atoms with Crippen molar-refractivity contribution in [3.05, 3.63) is 12.2 Å². The summed E-state index contributed by atoms with van der Waals surface area (Å²) in [6.45, 7) is 4.81. The molecule has 1 aliphatic rings. The standard InChI is InChI=1S/C13H23N5O2/c1-3-19-13(20-4-2)11(14)17-18-9-15-16-12(18)10-7-5-6-8-10/h9-10,13H,3-8H2,1-2H3,(H2,14,17). The molecule has 0 radical (unpaired) electrons. The molecule has 1 aromatic heterocycles. The van der Waals surface area contributed by atoms with Crippen LogP contribution in [0.5, 0.6) is 0 Å². The highest BCUT2D eigenvalue weighted by molar-refractivity contribution is 5.83. The van der Waals surface area contributed by atoms with E-state index < -0.39 is 6.29 Å². The highest BCUT2D eigenvalue weighted by Gasteiger charge is 2.23. The summed E-state index contributed by atoms with van der Waals surface area (Å²) in [6, 6.07) is 0. The van der Waals surface area contributed by atoms with Gasteiger partial charge in [-0.05, 0) is 26.7 Å². The van der Waals surface area contributed by atoms with E-state index in [1.165, 1.54) is 12.8 Å². The molecule has 0 amide bonds. The lowest BCUT2D eigenvalue weighted by Crippen LogP contribution is -2.35. The van der Waals surface area contributed by atoms with Gasteiger partial charge in [0.1, 0.15) is 6.33 Å². The second kappa shape index (κ2) is 7.35. The van der Waals surface area contributed by atoms with Crippen LogP contribution < -0.4 is 5.73 Å². The number of rotatable bonds is 7. The Kier molecular flexibility index (Phi) is 5.49. The lowest BCUT2D eigenvalue weighted by Gasteiger charge is -2.16. The molecule has 0 aliphatic heterocycles. The molecule has 0 aromatic carbocycles. The lowest BCUT2D eigenvalue weighted by molar-refractivity contribution is -0.0909. The molecule has 1 fully saturated rings. The van der Waals surface area contributed by atoms with Gasteiger partial charge in [-0.25, -0.2) is 4.68 Å². The minimum absolute atomic E-state index is 0.285. The Bertz CT molecular complexity index is 434. The highest BCUT2D eigenvalue weighted by Crippen LogP contribution is 2.32. The maximum Gasteiger partial charge on any atom is 0.218 e. The van der Waals surface area contributed by atoms with Crippen LogP contribution in [0.15, 0.2) is 11.4 Å². The minimum atomic E-state index is -0.621. The third-order valence-electron chi connectivity index (χ3n) is 3.38. The van der Waals surface area contributed by atoms with Gasteiger partial charge in [-0.2, -0.15) is 0 Å². The Morgan fingerprint density at radius 3 is 2.65 bits per heavy atom. The fourth-order valence-electron chi connectivity index (χ4n) is 2.46. The van der Waals surface area contributed by atoms with Crippen LogP contribution in [0.25, 0.3) is 0 Å². The van der Waals surface area contributed by atoms with Gasteiger partial charge >= 0.3 is 0 Å². The van der Waals surface area contributed by atoms with Crippen molar-refractivity contribution in [1.82, 2.24) is 14.9 Å². The van der Waals surface area contributed by atoms with Crippen LogP contribution in [0.3, 0.4) is 0 Å². The molecule has 20 heavy (non-hydrogen) atoms. The molecule has 7 nitrogen and oxygen atoms in total. The van der Waals surface area contributed by atoms with Crippen molar-refractivity contribution in [3.63, 3.8) is 0 Å². The summed E-state index contributed by atoms with van der Waals surface area (Å²) in [5.74, 6) is 1.58. The van der Waals surface area contributed by atoms with Crippen molar-refractivity contribution in [1.29, 1.82) is 0 Å². The van der Waals surface area contributed by atoms with E-state index in [2.05, 4.69) is 15.3 Å². The summed E-state index contributed by atoms with van der Waals surface area (Å²) in [5.41, 5.74) is 5.97. The van der Waals surface area contributed by atoms with Crippen LogP contribution in [0.4, 0.5) is 0 Å². The highest BCUT2D eigenvalue weighted by atomic mass is 16.7. The van der Waals surface area contributed by atoms with Crippen LogP contribution in [-0.2, 0) is 9.47 Å². The molecule has 112 valence electrons. The van der Waals surface area contributed by atoms with Gasteiger partial charge in [0.25, 0.3) is 0 Å². The van der Waals surface area contributed by atoms with E-state index in [1.807, 2.05) is 13.8 Å². The van der Waals surface area contributed by atoms with E-state index in [0.717, 1.165) is 18.7 Å². The second-order valence-corrected chi connectivity index (χ2v) is 4.78. The summed E-state index contributed by atoms with van der Waals surface area (Å²) in [4.78, 5) is 0. The third-order valence-corrected chi connectivity index (χ3v) is 3.38. The Morgan fingerprint density at radius 2 is 2.05 bits per heavy atom. The Morgan fingerprint density at radius 1 is 1.40 bits per heavy atom. The number of nitrogens with two attached hydrogens (primary N) is 1. The fraction of sp³-hybridized carbons (Fsp3) is 0.769. The Labute approximate surface area is 119 Å². The van der Waals surface area contributed by atoms with Gasteiger partial charge < -0.3 is 15.2 Å². The van der Waals surface area contributed by atoms with Gasteiger partial charge in [0.15, 0.2) is 11.7 Å². The number of amidine groups is 1. The molecule has 0 bridgehead atoms. The molecule has 2 rings (SSSR count). The van der Waals surface area contributed by atoms with Crippen molar-refractivity contribution >= 4 is 5.84 Å². The third kappa shape index (κ3) is 3.55. The first kappa shape index (κ1) is 14.9. The second-order valence-electron chi connectivity index (χ2n) is 4.78. The van der Waals surface area contributed by atoms with E-state index in [0.29, 0.717) is 19.1 Å². The van der Waals surface area contributed by atoms with Crippen molar-refractivity contribution in [3.8, 4) is 0 Å². The molecule has 7 heteroatoms. The number of hydrogen-bond donors (Lipinski definition) is 1. The van der Waals surface area contributed by atoms with Gasteiger partial charge in [0.05, 0.1) is 0 Å². The minimum Gasteiger partial charge on any atom is -0.381 e. The zero-order valence-corrected chi connectivity index (χ0v) is 12.2. The van der Waals surface area contributed by atoms with E-state index >= 15 is 0 Å². The largest absolute Gasteiger partial charge is 0.381 e. The number of aromatic nitrogens is 3. The van der Waals surface area contributed by atoms with E-state index in [4.69, 9.17) is 15.2 Å². The number of ether oxygens (including phenoxy) is 2. The summed E-state index contributed by atoms with van der Waals surface area (Å²) in [5, 5.41) is 12.4. The lowest BCUT2D eigenvalue weighted by atomic mass is 10.1. The van der Waals surface area contributed by atoms with Gasteiger partial charge in [0, 0.05) is 19.1 Å². The molecule has 2 N–H and O–H groups in total. The molecular weight excluding hydrogens is 258 g/mol. The van der Waals surface area contributed by atoms with Gasteiger partial charge in [-0.1, -0.05) is 12.8 Å². The van der Waals surface area contributed by atoms with E-state index in [-0.39, 0.29) is 5.84 Å². The first-order valence-electron chi connectivity index (χ1n) is 7.23.